The predicted octanol–water partition coefficient (Wildman–Crippen LogP) is 5.87. The summed E-state index contributed by atoms with van der Waals surface area (Å²) in [5, 5.41) is 2.05. The van der Waals surface area contributed by atoms with Crippen molar-refractivity contribution in [2.75, 3.05) is 47.6 Å². The van der Waals surface area contributed by atoms with E-state index in [4.69, 9.17) is 14.2 Å². The van der Waals surface area contributed by atoms with E-state index in [1.165, 1.54) is 24.8 Å². The van der Waals surface area contributed by atoms with Gasteiger partial charge in [0.25, 0.3) is 0 Å². The topological polar surface area (TPSA) is 68.3 Å². The summed E-state index contributed by atoms with van der Waals surface area (Å²) in [6, 6.07) is 7.91. The van der Waals surface area contributed by atoms with Gasteiger partial charge in [0.2, 0.25) is 11.8 Å². The molecule has 2 amide bonds. The third-order valence-corrected chi connectivity index (χ3v) is 7.77. The van der Waals surface area contributed by atoms with Gasteiger partial charge in [-0.05, 0) is 54.5 Å². The van der Waals surface area contributed by atoms with Gasteiger partial charge in [0, 0.05) is 31.5 Å². The zero-order chi connectivity index (χ0) is 27.8. The van der Waals surface area contributed by atoms with Crippen LogP contribution in [0.5, 0.6) is 11.5 Å². The van der Waals surface area contributed by atoms with Crippen LogP contribution in [0.3, 0.4) is 0 Å². The Hall–Kier alpha value is -2.58. The summed E-state index contributed by atoms with van der Waals surface area (Å²) in [6.07, 6.45) is 7.87. The Morgan fingerprint density at radius 2 is 1.61 bits per heavy atom. The van der Waals surface area contributed by atoms with E-state index in [-0.39, 0.29) is 18.4 Å². The van der Waals surface area contributed by atoms with E-state index in [0.717, 1.165) is 29.7 Å². The number of benzene rings is 1. The van der Waals surface area contributed by atoms with Gasteiger partial charge in [0.15, 0.2) is 11.5 Å². The molecule has 0 aliphatic heterocycles. The fourth-order valence-electron chi connectivity index (χ4n) is 4.30. The van der Waals surface area contributed by atoms with E-state index in [9.17, 15) is 9.59 Å². The molecule has 7 nitrogen and oxygen atoms in total. The highest BCUT2D eigenvalue weighted by Gasteiger charge is 2.22. The van der Waals surface area contributed by atoms with Gasteiger partial charge < -0.3 is 24.0 Å². The lowest BCUT2D eigenvalue weighted by molar-refractivity contribution is -0.141. The maximum Gasteiger partial charge on any atom is 0.242 e. The molecule has 0 bridgehead atoms. The molecule has 0 atom stereocenters. The van der Waals surface area contributed by atoms with Crippen molar-refractivity contribution in [2.24, 2.45) is 0 Å². The Kier molecular flexibility index (Phi) is 14.9. The Balaban J connectivity index is 2.08. The van der Waals surface area contributed by atoms with Crippen LogP contribution >= 0.6 is 11.3 Å². The fraction of sp³-hybridized carbons (Fsp3) is 0.600. The average molecular weight is 547 g/mol. The number of nitrogens with zero attached hydrogens (tertiary/aromatic N) is 2. The van der Waals surface area contributed by atoms with Crippen molar-refractivity contribution < 1.29 is 23.8 Å². The highest BCUT2D eigenvalue weighted by atomic mass is 32.1. The van der Waals surface area contributed by atoms with Crippen LogP contribution in [0.4, 0.5) is 0 Å². The largest absolute Gasteiger partial charge is 0.493 e. The lowest BCUT2D eigenvalue weighted by atomic mass is 10.1. The summed E-state index contributed by atoms with van der Waals surface area (Å²) < 4.78 is 16.0. The Morgan fingerprint density at radius 3 is 2.26 bits per heavy atom. The molecule has 0 saturated carbocycles. The minimum absolute atomic E-state index is 0.0260. The van der Waals surface area contributed by atoms with Crippen LogP contribution in [-0.4, -0.2) is 69.2 Å². The molecule has 0 spiro atoms. The first kappa shape index (κ1) is 31.6. The van der Waals surface area contributed by atoms with Crippen molar-refractivity contribution in [3.63, 3.8) is 0 Å². The summed E-state index contributed by atoms with van der Waals surface area (Å²) in [6.45, 7) is 6.22. The van der Waals surface area contributed by atoms with Crippen LogP contribution in [0, 0.1) is 6.92 Å². The Morgan fingerprint density at radius 1 is 0.868 bits per heavy atom. The summed E-state index contributed by atoms with van der Waals surface area (Å²) >= 11 is 1.66. The van der Waals surface area contributed by atoms with Crippen LogP contribution in [-0.2, 0) is 27.3 Å². The number of thiophene rings is 1. The Labute approximate surface area is 233 Å². The number of aryl methyl sites for hydroxylation is 1. The van der Waals surface area contributed by atoms with Crippen LogP contribution in [0.1, 0.15) is 67.9 Å². The molecule has 2 rings (SSSR count). The third kappa shape index (κ3) is 10.7. The van der Waals surface area contributed by atoms with Crippen molar-refractivity contribution in [1.29, 1.82) is 0 Å². The second-order valence-electron chi connectivity index (χ2n) is 9.61. The van der Waals surface area contributed by atoms with Crippen LogP contribution < -0.4 is 9.47 Å². The lowest BCUT2D eigenvalue weighted by Crippen LogP contribution is -2.44. The van der Waals surface area contributed by atoms with E-state index in [1.807, 2.05) is 23.1 Å². The second kappa shape index (κ2) is 17.8. The van der Waals surface area contributed by atoms with Gasteiger partial charge in [0.1, 0.15) is 0 Å². The minimum Gasteiger partial charge on any atom is -0.493 e. The summed E-state index contributed by atoms with van der Waals surface area (Å²) in [7, 11) is 4.85. The van der Waals surface area contributed by atoms with Crippen LogP contribution in [0.25, 0.3) is 0 Å². The molecule has 1 aromatic heterocycles. The number of hydrogen-bond acceptors (Lipinski definition) is 6. The maximum absolute atomic E-state index is 13.6. The molecule has 0 N–H and O–H groups in total. The number of ether oxygens (including phenoxy) is 3. The average Bonchev–Trinajstić information content (AvgIpc) is 3.34. The number of hydrogen-bond donors (Lipinski definition) is 0. The molecular weight excluding hydrogens is 500 g/mol. The number of carbonyl (C=O) groups is 2. The van der Waals surface area contributed by atoms with Gasteiger partial charge in [-0.3, -0.25) is 9.59 Å². The SMILES string of the molecule is CCCCCCCCC(=O)N(CCOC)CC(=O)N(CCc1ccc(OC)c(OC)c1)Cc1sccc1C. The van der Waals surface area contributed by atoms with Gasteiger partial charge in [0.05, 0.1) is 33.9 Å². The molecule has 0 aliphatic carbocycles. The molecule has 1 heterocycles. The Bertz CT molecular complexity index is 977. The molecule has 38 heavy (non-hydrogen) atoms. The summed E-state index contributed by atoms with van der Waals surface area (Å²) in [5.74, 6) is 1.32. The fourth-order valence-corrected chi connectivity index (χ4v) is 5.22. The molecule has 0 saturated heterocycles. The quantitative estimate of drug-likeness (QED) is 0.206. The molecule has 0 radical (unpaired) electrons. The highest BCUT2D eigenvalue weighted by Crippen LogP contribution is 2.28. The molecule has 2 aromatic rings. The summed E-state index contributed by atoms with van der Waals surface area (Å²) in [5.41, 5.74) is 2.23. The van der Waals surface area contributed by atoms with Crippen molar-refractivity contribution in [3.05, 3.63) is 45.6 Å². The molecule has 1 aromatic carbocycles. The van der Waals surface area contributed by atoms with Crippen molar-refractivity contribution in [3.8, 4) is 11.5 Å². The van der Waals surface area contributed by atoms with E-state index in [2.05, 4.69) is 25.3 Å². The van der Waals surface area contributed by atoms with Gasteiger partial charge in [-0.25, -0.2) is 0 Å². The monoisotopic (exact) mass is 546 g/mol. The minimum atomic E-state index is -0.0503. The van der Waals surface area contributed by atoms with Crippen LogP contribution in [0.2, 0.25) is 0 Å². The highest BCUT2D eigenvalue weighted by molar-refractivity contribution is 7.10. The van der Waals surface area contributed by atoms with E-state index < -0.39 is 0 Å². The van der Waals surface area contributed by atoms with Gasteiger partial charge in [-0.15, -0.1) is 11.3 Å². The molecule has 212 valence electrons. The van der Waals surface area contributed by atoms with E-state index in [0.29, 0.717) is 50.6 Å². The number of unbranched alkanes of at least 4 members (excludes halogenated alkanes) is 5. The van der Waals surface area contributed by atoms with Crippen molar-refractivity contribution in [2.45, 2.75) is 71.8 Å². The molecule has 0 aliphatic rings. The zero-order valence-corrected chi connectivity index (χ0v) is 24.7. The molecule has 8 heteroatoms. The van der Waals surface area contributed by atoms with Gasteiger partial charge in [-0.2, -0.15) is 0 Å². The van der Waals surface area contributed by atoms with E-state index >= 15 is 0 Å². The van der Waals surface area contributed by atoms with Gasteiger partial charge in [-0.1, -0.05) is 45.1 Å². The second-order valence-corrected chi connectivity index (χ2v) is 10.6. The molecular formula is C30H46N2O5S. The number of methoxy groups -OCH3 is 3. The third-order valence-electron chi connectivity index (χ3n) is 6.76. The summed E-state index contributed by atoms with van der Waals surface area (Å²) in [4.78, 5) is 31.4. The maximum atomic E-state index is 13.6. The zero-order valence-electron chi connectivity index (χ0n) is 23.9. The lowest BCUT2D eigenvalue weighted by Gasteiger charge is -2.28. The normalized spacial score (nSPS) is 10.9. The number of carbonyl (C=O) groups excluding carboxylic acids is 2. The van der Waals surface area contributed by atoms with Crippen molar-refractivity contribution >= 4 is 23.2 Å². The smallest absolute Gasteiger partial charge is 0.242 e. The first-order chi connectivity index (χ1) is 18.4. The van der Waals surface area contributed by atoms with Gasteiger partial charge >= 0.3 is 0 Å². The number of amides is 2. The van der Waals surface area contributed by atoms with E-state index in [1.54, 1.807) is 37.6 Å². The molecule has 0 unspecified atom stereocenters. The first-order valence-corrected chi connectivity index (χ1v) is 14.6. The molecule has 0 fully saturated rings. The number of rotatable bonds is 19. The van der Waals surface area contributed by atoms with Crippen LogP contribution in [0.15, 0.2) is 29.6 Å². The van der Waals surface area contributed by atoms with Crippen molar-refractivity contribution in [1.82, 2.24) is 9.80 Å². The standard InChI is InChI=1S/C30H46N2O5S/c1-6-7-8-9-10-11-12-29(33)32(18-19-35-3)23-30(34)31(22-28-24(2)16-20-38-28)17-15-25-13-14-26(36-4)27(21-25)37-5/h13-14,16,20-21H,6-12,15,17-19,22-23H2,1-5H3. The first-order valence-electron chi connectivity index (χ1n) is 13.7. The predicted molar refractivity (Wildman–Crippen MR) is 154 cm³/mol.